The number of nitrogens with one attached hydrogen (secondary N) is 2. The van der Waals surface area contributed by atoms with E-state index in [1.165, 1.54) is 38.6 Å². The van der Waals surface area contributed by atoms with Crippen molar-refractivity contribution in [2.75, 3.05) is 32.8 Å². The lowest BCUT2D eigenvalue weighted by molar-refractivity contribution is 0.283. The van der Waals surface area contributed by atoms with Crippen LogP contribution in [0.5, 0.6) is 0 Å². The van der Waals surface area contributed by atoms with Gasteiger partial charge in [0.15, 0.2) is 0 Å². The normalized spacial score (nSPS) is 10.9. The van der Waals surface area contributed by atoms with Gasteiger partial charge >= 0.3 is 0 Å². The zero-order valence-electron chi connectivity index (χ0n) is 10.9. The summed E-state index contributed by atoms with van der Waals surface area (Å²) in [4.78, 5) is 0. The molecule has 3 heteroatoms. The molecule has 0 heterocycles. The van der Waals surface area contributed by atoms with Crippen molar-refractivity contribution in [2.24, 2.45) is 0 Å². The second kappa shape index (κ2) is 14.9. The molecule has 0 aliphatic carbocycles. The van der Waals surface area contributed by atoms with Crippen molar-refractivity contribution in [1.82, 2.24) is 10.6 Å². The molecule has 0 unspecified atom stereocenters. The van der Waals surface area contributed by atoms with Gasteiger partial charge in [-0.05, 0) is 58.3 Å². The Morgan fingerprint density at radius 1 is 0.688 bits per heavy atom. The Morgan fingerprint density at radius 3 is 1.69 bits per heavy atom. The van der Waals surface area contributed by atoms with Crippen LogP contribution >= 0.6 is 0 Å². The summed E-state index contributed by atoms with van der Waals surface area (Å²) in [5, 5.41) is 15.4. The number of unbranched alkanes of at least 4 members (excludes halogenated alkanes) is 4. The Bertz CT molecular complexity index is 107. The quantitative estimate of drug-likeness (QED) is 0.424. The molecule has 3 nitrogen and oxygen atoms in total. The lowest BCUT2D eigenvalue weighted by Crippen LogP contribution is -2.17. The molecule has 0 aromatic rings. The minimum atomic E-state index is 0.326. The van der Waals surface area contributed by atoms with Crippen molar-refractivity contribution < 1.29 is 5.11 Å². The van der Waals surface area contributed by atoms with Gasteiger partial charge in [0.1, 0.15) is 0 Å². The fourth-order valence-electron chi connectivity index (χ4n) is 1.64. The summed E-state index contributed by atoms with van der Waals surface area (Å²) in [6.45, 7) is 7.05. The zero-order chi connectivity index (χ0) is 11.9. The number of rotatable bonds is 13. The molecule has 0 aliphatic heterocycles. The van der Waals surface area contributed by atoms with E-state index in [2.05, 4.69) is 17.6 Å². The molecule has 16 heavy (non-hydrogen) atoms. The SMILES string of the molecule is CCCNCCCCCCNCCCCO. The van der Waals surface area contributed by atoms with E-state index >= 15 is 0 Å². The first-order valence-electron chi connectivity index (χ1n) is 6.94. The van der Waals surface area contributed by atoms with Crippen LogP contribution in [0.1, 0.15) is 51.9 Å². The highest BCUT2D eigenvalue weighted by Crippen LogP contribution is 1.97. The van der Waals surface area contributed by atoms with Crippen molar-refractivity contribution in [3.05, 3.63) is 0 Å². The monoisotopic (exact) mass is 230 g/mol. The standard InChI is InChI=1S/C13H30N2O/c1-2-9-14-10-5-3-4-6-11-15-12-7-8-13-16/h14-16H,2-13H2,1H3. The van der Waals surface area contributed by atoms with Crippen LogP contribution < -0.4 is 10.6 Å². The number of hydrogen-bond donors (Lipinski definition) is 3. The predicted molar refractivity (Wildman–Crippen MR) is 70.8 cm³/mol. The molecule has 0 aliphatic rings. The Hall–Kier alpha value is -0.120. The first kappa shape index (κ1) is 15.9. The average molecular weight is 230 g/mol. The fourth-order valence-corrected chi connectivity index (χ4v) is 1.64. The van der Waals surface area contributed by atoms with Crippen LogP contribution in [-0.2, 0) is 0 Å². The van der Waals surface area contributed by atoms with Crippen LogP contribution in [0.2, 0.25) is 0 Å². The Balaban J connectivity index is 2.83. The van der Waals surface area contributed by atoms with E-state index in [9.17, 15) is 0 Å². The van der Waals surface area contributed by atoms with Crippen molar-refractivity contribution in [1.29, 1.82) is 0 Å². The van der Waals surface area contributed by atoms with Crippen LogP contribution in [0.15, 0.2) is 0 Å². The third-order valence-electron chi connectivity index (χ3n) is 2.65. The van der Waals surface area contributed by atoms with Gasteiger partial charge in [0.05, 0.1) is 0 Å². The van der Waals surface area contributed by atoms with Gasteiger partial charge in [-0.1, -0.05) is 19.8 Å². The summed E-state index contributed by atoms with van der Waals surface area (Å²) in [6, 6.07) is 0. The van der Waals surface area contributed by atoms with Gasteiger partial charge in [0.25, 0.3) is 0 Å². The Labute approximate surface area is 101 Å². The lowest BCUT2D eigenvalue weighted by atomic mass is 10.2. The Kier molecular flexibility index (Phi) is 14.8. The van der Waals surface area contributed by atoms with E-state index in [4.69, 9.17) is 5.11 Å². The summed E-state index contributed by atoms with van der Waals surface area (Å²) >= 11 is 0. The van der Waals surface area contributed by atoms with E-state index in [0.717, 1.165) is 32.5 Å². The number of aliphatic hydroxyl groups excluding tert-OH is 1. The summed E-state index contributed by atoms with van der Waals surface area (Å²) in [6.07, 6.45) is 8.53. The van der Waals surface area contributed by atoms with Gasteiger partial charge in [-0.25, -0.2) is 0 Å². The molecule has 0 amide bonds. The van der Waals surface area contributed by atoms with Crippen molar-refractivity contribution in [3.63, 3.8) is 0 Å². The maximum Gasteiger partial charge on any atom is 0.0431 e. The van der Waals surface area contributed by atoms with E-state index in [0.29, 0.717) is 6.61 Å². The molecule has 0 saturated carbocycles. The summed E-state index contributed by atoms with van der Waals surface area (Å²) in [7, 11) is 0. The zero-order valence-corrected chi connectivity index (χ0v) is 10.9. The topological polar surface area (TPSA) is 44.3 Å². The highest BCUT2D eigenvalue weighted by Gasteiger charge is 1.91. The molecular formula is C13H30N2O. The molecule has 0 aromatic carbocycles. The van der Waals surface area contributed by atoms with Crippen LogP contribution in [0.4, 0.5) is 0 Å². The smallest absolute Gasteiger partial charge is 0.0431 e. The molecule has 98 valence electrons. The van der Waals surface area contributed by atoms with Gasteiger partial charge in [-0.2, -0.15) is 0 Å². The third-order valence-corrected chi connectivity index (χ3v) is 2.65. The predicted octanol–water partition coefficient (Wildman–Crippen LogP) is 1.91. The first-order valence-corrected chi connectivity index (χ1v) is 6.94. The van der Waals surface area contributed by atoms with Gasteiger partial charge in [0.2, 0.25) is 0 Å². The minimum absolute atomic E-state index is 0.326. The molecular weight excluding hydrogens is 200 g/mol. The largest absolute Gasteiger partial charge is 0.396 e. The molecule has 3 N–H and O–H groups in total. The lowest BCUT2D eigenvalue weighted by Gasteiger charge is -2.05. The fraction of sp³-hybridized carbons (Fsp3) is 1.00. The van der Waals surface area contributed by atoms with E-state index < -0.39 is 0 Å². The van der Waals surface area contributed by atoms with Gasteiger partial charge in [-0.3, -0.25) is 0 Å². The summed E-state index contributed by atoms with van der Waals surface area (Å²) < 4.78 is 0. The highest BCUT2D eigenvalue weighted by molar-refractivity contribution is 4.51. The van der Waals surface area contributed by atoms with E-state index in [1.807, 2.05) is 0 Å². The number of hydrogen-bond acceptors (Lipinski definition) is 3. The minimum Gasteiger partial charge on any atom is -0.396 e. The van der Waals surface area contributed by atoms with E-state index in [-0.39, 0.29) is 0 Å². The maximum atomic E-state index is 8.59. The van der Waals surface area contributed by atoms with Crippen LogP contribution in [0.25, 0.3) is 0 Å². The Morgan fingerprint density at radius 2 is 1.19 bits per heavy atom. The van der Waals surface area contributed by atoms with Crippen LogP contribution in [-0.4, -0.2) is 37.9 Å². The van der Waals surface area contributed by atoms with Crippen molar-refractivity contribution >= 4 is 0 Å². The highest BCUT2D eigenvalue weighted by atomic mass is 16.2. The second-order valence-corrected chi connectivity index (χ2v) is 4.34. The molecule has 0 atom stereocenters. The van der Waals surface area contributed by atoms with Crippen molar-refractivity contribution in [2.45, 2.75) is 51.9 Å². The van der Waals surface area contributed by atoms with Gasteiger partial charge in [0, 0.05) is 6.61 Å². The number of aliphatic hydroxyl groups is 1. The molecule has 0 saturated heterocycles. The first-order chi connectivity index (χ1) is 7.91. The second-order valence-electron chi connectivity index (χ2n) is 4.34. The summed E-state index contributed by atoms with van der Waals surface area (Å²) in [5.74, 6) is 0. The molecule has 0 radical (unpaired) electrons. The molecule has 0 rings (SSSR count). The van der Waals surface area contributed by atoms with Crippen LogP contribution in [0.3, 0.4) is 0 Å². The molecule has 0 aromatic heterocycles. The summed E-state index contributed by atoms with van der Waals surface area (Å²) in [5.41, 5.74) is 0. The van der Waals surface area contributed by atoms with Crippen LogP contribution in [0, 0.1) is 0 Å². The van der Waals surface area contributed by atoms with E-state index in [1.54, 1.807) is 0 Å². The van der Waals surface area contributed by atoms with Crippen molar-refractivity contribution in [3.8, 4) is 0 Å². The molecule has 0 fully saturated rings. The van der Waals surface area contributed by atoms with Gasteiger partial charge < -0.3 is 15.7 Å². The molecule has 0 spiro atoms. The third kappa shape index (κ3) is 13.9. The maximum absolute atomic E-state index is 8.59. The average Bonchev–Trinajstić information content (AvgIpc) is 2.31. The van der Waals surface area contributed by atoms with Gasteiger partial charge in [-0.15, -0.1) is 0 Å². The molecule has 0 bridgehead atoms.